The van der Waals surface area contributed by atoms with Gasteiger partial charge in [-0.25, -0.2) is 8.42 Å². The van der Waals surface area contributed by atoms with E-state index in [-0.39, 0.29) is 14.9 Å². The molecule has 1 aliphatic heterocycles. The molecule has 1 fully saturated rings. The van der Waals surface area contributed by atoms with Gasteiger partial charge in [-0.1, -0.05) is 47.5 Å². The second-order valence-corrected chi connectivity index (χ2v) is 8.73. The van der Waals surface area contributed by atoms with Gasteiger partial charge in [0, 0.05) is 38.3 Å². The number of sulfonamides is 1. The Morgan fingerprint density at radius 2 is 1.58 bits per heavy atom. The molecule has 0 aromatic heterocycles. The largest absolute Gasteiger partial charge is 0.496 e. The fourth-order valence-electron chi connectivity index (χ4n) is 3.06. The quantitative estimate of drug-likeness (QED) is 0.750. The van der Waals surface area contributed by atoms with Crippen LogP contribution in [0.25, 0.3) is 0 Å². The van der Waals surface area contributed by atoms with Crippen molar-refractivity contribution in [1.29, 1.82) is 0 Å². The number of piperazine rings is 1. The van der Waals surface area contributed by atoms with E-state index in [1.165, 1.54) is 16.4 Å². The summed E-state index contributed by atoms with van der Waals surface area (Å²) in [5.74, 6) is 0.838. The average molecular weight is 415 g/mol. The molecule has 2 aromatic carbocycles. The molecule has 0 aliphatic carbocycles. The molecule has 3 rings (SSSR count). The van der Waals surface area contributed by atoms with Crippen molar-refractivity contribution in [2.24, 2.45) is 0 Å². The third-order valence-electron chi connectivity index (χ3n) is 4.43. The van der Waals surface area contributed by atoms with E-state index in [4.69, 9.17) is 27.9 Å². The van der Waals surface area contributed by atoms with E-state index in [1.807, 2.05) is 24.3 Å². The Labute approximate surface area is 164 Å². The lowest BCUT2D eigenvalue weighted by Gasteiger charge is -2.34. The minimum atomic E-state index is -3.71. The second-order valence-electron chi connectivity index (χ2n) is 6.04. The van der Waals surface area contributed by atoms with E-state index >= 15 is 0 Å². The first-order chi connectivity index (χ1) is 12.4. The van der Waals surface area contributed by atoms with E-state index < -0.39 is 10.0 Å². The third-order valence-corrected chi connectivity index (χ3v) is 7.29. The van der Waals surface area contributed by atoms with Crippen molar-refractivity contribution < 1.29 is 13.2 Å². The molecular formula is C18H20Cl2N2O3S. The van der Waals surface area contributed by atoms with E-state index in [0.29, 0.717) is 32.7 Å². The van der Waals surface area contributed by atoms with Gasteiger partial charge in [0.05, 0.1) is 17.2 Å². The van der Waals surface area contributed by atoms with Crippen LogP contribution in [-0.2, 0) is 16.6 Å². The molecule has 0 bridgehead atoms. The van der Waals surface area contributed by atoms with Crippen molar-refractivity contribution in [2.45, 2.75) is 11.4 Å². The van der Waals surface area contributed by atoms with Crippen molar-refractivity contribution >= 4 is 33.2 Å². The molecule has 0 atom stereocenters. The van der Waals surface area contributed by atoms with Crippen molar-refractivity contribution in [3.8, 4) is 5.75 Å². The summed E-state index contributed by atoms with van der Waals surface area (Å²) in [5.41, 5.74) is 1.08. The molecule has 1 saturated heterocycles. The Bertz CT molecular complexity index is 862. The van der Waals surface area contributed by atoms with Gasteiger partial charge in [0.15, 0.2) is 0 Å². The van der Waals surface area contributed by atoms with Gasteiger partial charge in [-0.15, -0.1) is 0 Å². The highest BCUT2D eigenvalue weighted by atomic mass is 35.5. The molecule has 0 spiro atoms. The summed E-state index contributed by atoms with van der Waals surface area (Å²) >= 11 is 12.2. The Kier molecular flexibility index (Phi) is 6.10. The molecule has 0 amide bonds. The number of halogens is 2. The zero-order valence-corrected chi connectivity index (χ0v) is 16.7. The molecular weight excluding hydrogens is 395 g/mol. The summed E-state index contributed by atoms with van der Waals surface area (Å²) in [6, 6.07) is 12.6. The Hall–Kier alpha value is -1.31. The van der Waals surface area contributed by atoms with E-state index in [0.717, 1.165) is 11.3 Å². The van der Waals surface area contributed by atoms with E-state index in [2.05, 4.69) is 4.90 Å². The summed E-state index contributed by atoms with van der Waals surface area (Å²) in [6.07, 6.45) is 0. The van der Waals surface area contributed by atoms with Gasteiger partial charge in [0.25, 0.3) is 0 Å². The zero-order valence-electron chi connectivity index (χ0n) is 14.4. The molecule has 0 saturated carbocycles. The molecule has 5 nitrogen and oxygen atoms in total. The Balaban J connectivity index is 1.70. The van der Waals surface area contributed by atoms with Crippen LogP contribution in [0.3, 0.4) is 0 Å². The zero-order chi connectivity index (χ0) is 18.7. The van der Waals surface area contributed by atoms with Gasteiger partial charge in [0.2, 0.25) is 10.0 Å². The molecule has 140 valence electrons. The summed E-state index contributed by atoms with van der Waals surface area (Å²) in [5, 5.41) is 0.294. The van der Waals surface area contributed by atoms with E-state index in [1.54, 1.807) is 13.2 Å². The molecule has 2 aromatic rings. The van der Waals surface area contributed by atoms with Crippen LogP contribution in [0.2, 0.25) is 10.0 Å². The normalized spacial score (nSPS) is 16.6. The van der Waals surface area contributed by atoms with Gasteiger partial charge in [0.1, 0.15) is 10.6 Å². The highest BCUT2D eigenvalue weighted by Crippen LogP contribution is 2.32. The lowest BCUT2D eigenvalue weighted by molar-refractivity contribution is 0.180. The summed E-state index contributed by atoms with van der Waals surface area (Å²) in [6.45, 7) is 2.74. The van der Waals surface area contributed by atoms with Crippen LogP contribution < -0.4 is 4.74 Å². The third kappa shape index (κ3) is 4.00. The van der Waals surface area contributed by atoms with Crippen LogP contribution in [0.15, 0.2) is 47.4 Å². The minimum absolute atomic E-state index is 0.0125. The summed E-state index contributed by atoms with van der Waals surface area (Å²) in [7, 11) is -2.06. The fourth-order valence-corrected chi connectivity index (χ4v) is 5.57. The lowest BCUT2D eigenvalue weighted by Crippen LogP contribution is -2.48. The van der Waals surface area contributed by atoms with Crippen LogP contribution in [0.5, 0.6) is 5.75 Å². The maximum absolute atomic E-state index is 12.9. The summed E-state index contributed by atoms with van der Waals surface area (Å²) in [4.78, 5) is 2.19. The molecule has 1 aliphatic rings. The van der Waals surface area contributed by atoms with Crippen LogP contribution in [-0.4, -0.2) is 50.9 Å². The van der Waals surface area contributed by atoms with Crippen LogP contribution in [0.4, 0.5) is 0 Å². The lowest BCUT2D eigenvalue weighted by atomic mass is 10.2. The minimum Gasteiger partial charge on any atom is -0.496 e. The first-order valence-corrected chi connectivity index (χ1v) is 10.4. The number of hydrogen-bond acceptors (Lipinski definition) is 4. The predicted octanol–water partition coefficient (Wildman–Crippen LogP) is 3.51. The van der Waals surface area contributed by atoms with Gasteiger partial charge in [-0.05, 0) is 18.2 Å². The van der Waals surface area contributed by atoms with Gasteiger partial charge in [-0.2, -0.15) is 4.31 Å². The number of methoxy groups -OCH3 is 1. The first-order valence-electron chi connectivity index (χ1n) is 8.22. The molecule has 0 radical (unpaired) electrons. The molecule has 8 heteroatoms. The number of para-hydroxylation sites is 1. The Morgan fingerprint density at radius 1 is 0.962 bits per heavy atom. The Morgan fingerprint density at radius 3 is 2.19 bits per heavy atom. The van der Waals surface area contributed by atoms with Crippen molar-refractivity contribution in [3.05, 3.63) is 58.1 Å². The van der Waals surface area contributed by atoms with Crippen LogP contribution in [0.1, 0.15) is 5.56 Å². The highest BCUT2D eigenvalue weighted by molar-refractivity contribution is 7.89. The number of ether oxygens (including phenoxy) is 1. The molecule has 0 N–H and O–H groups in total. The van der Waals surface area contributed by atoms with Gasteiger partial charge in [-0.3, -0.25) is 4.90 Å². The number of benzene rings is 2. The first kappa shape index (κ1) is 19.5. The van der Waals surface area contributed by atoms with Gasteiger partial charge >= 0.3 is 0 Å². The SMILES string of the molecule is COc1ccccc1CN1CCN(S(=O)(=O)c2c(Cl)cccc2Cl)CC1. The summed E-state index contributed by atoms with van der Waals surface area (Å²) < 4.78 is 32.7. The molecule has 1 heterocycles. The number of nitrogens with zero attached hydrogens (tertiary/aromatic N) is 2. The van der Waals surface area contributed by atoms with Crippen LogP contribution in [0, 0.1) is 0 Å². The number of hydrogen-bond donors (Lipinski definition) is 0. The average Bonchev–Trinajstić information content (AvgIpc) is 2.62. The van der Waals surface area contributed by atoms with E-state index in [9.17, 15) is 8.42 Å². The van der Waals surface area contributed by atoms with Crippen LogP contribution >= 0.6 is 23.2 Å². The predicted molar refractivity (Wildman–Crippen MR) is 103 cm³/mol. The molecule has 0 unspecified atom stereocenters. The highest BCUT2D eigenvalue weighted by Gasteiger charge is 2.31. The monoisotopic (exact) mass is 414 g/mol. The molecule has 26 heavy (non-hydrogen) atoms. The van der Waals surface area contributed by atoms with Crippen molar-refractivity contribution in [1.82, 2.24) is 9.21 Å². The smallest absolute Gasteiger partial charge is 0.246 e. The maximum atomic E-state index is 12.9. The van der Waals surface area contributed by atoms with Gasteiger partial charge < -0.3 is 4.74 Å². The maximum Gasteiger partial charge on any atom is 0.246 e. The van der Waals surface area contributed by atoms with Crippen molar-refractivity contribution in [2.75, 3.05) is 33.3 Å². The fraction of sp³-hybridized carbons (Fsp3) is 0.333. The second kappa shape index (κ2) is 8.15. The van der Waals surface area contributed by atoms with Crippen molar-refractivity contribution in [3.63, 3.8) is 0 Å². The topological polar surface area (TPSA) is 49.9 Å². The standard InChI is InChI=1S/C18H20Cl2N2O3S/c1-25-17-8-3-2-5-14(17)13-21-9-11-22(12-10-21)26(23,24)18-15(19)6-4-7-16(18)20/h2-8H,9-13H2,1H3. The number of rotatable bonds is 5.